The summed E-state index contributed by atoms with van der Waals surface area (Å²) in [6.45, 7) is 1.79. The predicted octanol–water partition coefficient (Wildman–Crippen LogP) is 5.03. The summed E-state index contributed by atoms with van der Waals surface area (Å²) < 4.78 is 45.3. The Morgan fingerprint density at radius 1 is 1.37 bits per heavy atom. The fourth-order valence-corrected chi connectivity index (χ4v) is 3.01. The van der Waals surface area contributed by atoms with Crippen LogP contribution < -0.4 is 4.74 Å². The average molecular weight is 293 g/mol. The minimum absolute atomic E-state index is 0.000309. The van der Waals surface area contributed by atoms with Crippen molar-refractivity contribution in [2.45, 2.75) is 38.0 Å². The summed E-state index contributed by atoms with van der Waals surface area (Å²) >= 11 is 5.79. The normalized spacial score (nSPS) is 26.2. The molecule has 1 aliphatic rings. The van der Waals surface area contributed by atoms with Gasteiger partial charge < -0.3 is 4.74 Å². The Balaban J connectivity index is 2.34. The van der Waals surface area contributed by atoms with Crippen molar-refractivity contribution in [3.63, 3.8) is 0 Å². The third kappa shape index (κ3) is 2.99. The molecule has 1 aromatic rings. The van der Waals surface area contributed by atoms with Crippen LogP contribution in [0.15, 0.2) is 12.1 Å². The maximum Gasteiger partial charge on any atom is 0.248 e. The molecule has 0 saturated heterocycles. The van der Waals surface area contributed by atoms with Gasteiger partial charge in [0.2, 0.25) is 5.92 Å². The van der Waals surface area contributed by atoms with Crippen molar-refractivity contribution in [1.29, 1.82) is 0 Å². The largest absolute Gasteiger partial charge is 0.496 e. The molecular formula is C14H16ClF3O. The van der Waals surface area contributed by atoms with Crippen LogP contribution in [0, 0.1) is 11.7 Å². The van der Waals surface area contributed by atoms with Gasteiger partial charge in [-0.3, -0.25) is 0 Å². The van der Waals surface area contributed by atoms with E-state index in [0.29, 0.717) is 12.2 Å². The van der Waals surface area contributed by atoms with Gasteiger partial charge in [-0.15, -0.1) is 0 Å². The molecule has 2 rings (SSSR count). The molecule has 1 fully saturated rings. The number of hydrogen-bond acceptors (Lipinski definition) is 1. The minimum Gasteiger partial charge on any atom is -0.496 e. The Morgan fingerprint density at radius 3 is 2.63 bits per heavy atom. The van der Waals surface area contributed by atoms with Crippen molar-refractivity contribution in [3.05, 3.63) is 28.5 Å². The smallest absolute Gasteiger partial charge is 0.248 e. The molecule has 106 valence electrons. The molecule has 0 N–H and O–H groups in total. The second-order valence-corrected chi connectivity index (χ2v) is 5.60. The molecule has 0 bridgehead atoms. The predicted molar refractivity (Wildman–Crippen MR) is 68.7 cm³/mol. The van der Waals surface area contributed by atoms with Crippen molar-refractivity contribution < 1.29 is 17.9 Å². The molecule has 2 atom stereocenters. The van der Waals surface area contributed by atoms with Crippen LogP contribution >= 0.6 is 11.6 Å². The number of rotatable bonds is 2. The van der Waals surface area contributed by atoms with E-state index in [9.17, 15) is 13.2 Å². The molecule has 5 heteroatoms. The summed E-state index contributed by atoms with van der Waals surface area (Å²) in [5, 5.41) is 0.000309. The number of hydrogen-bond donors (Lipinski definition) is 0. The first-order valence-electron chi connectivity index (χ1n) is 6.25. The van der Waals surface area contributed by atoms with Crippen LogP contribution in [0.5, 0.6) is 5.75 Å². The van der Waals surface area contributed by atoms with Crippen molar-refractivity contribution in [2.75, 3.05) is 7.11 Å². The topological polar surface area (TPSA) is 9.23 Å². The highest BCUT2D eigenvalue weighted by molar-refractivity contribution is 6.30. The Kier molecular flexibility index (Phi) is 4.00. The number of alkyl halides is 2. The van der Waals surface area contributed by atoms with Crippen LogP contribution in [0.4, 0.5) is 13.2 Å². The molecule has 0 aliphatic heterocycles. The quantitative estimate of drug-likeness (QED) is 0.743. The highest BCUT2D eigenvalue weighted by Crippen LogP contribution is 2.47. The highest BCUT2D eigenvalue weighted by Gasteiger charge is 2.40. The van der Waals surface area contributed by atoms with Crippen LogP contribution in [0.25, 0.3) is 0 Å². The van der Waals surface area contributed by atoms with Crippen LogP contribution in [0.2, 0.25) is 5.02 Å². The van der Waals surface area contributed by atoms with Gasteiger partial charge >= 0.3 is 0 Å². The van der Waals surface area contributed by atoms with E-state index in [-0.39, 0.29) is 29.7 Å². The standard InChI is InChI=1S/C14H16ClF3O/c1-8-7-14(17,18)4-3-9(8)10-5-11(15)12(16)6-13(10)19-2/h5-6,8-9H,3-4,7H2,1-2H3/t8?,9-/m1/s1. The van der Waals surface area contributed by atoms with E-state index in [4.69, 9.17) is 16.3 Å². The Morgan fingerprint density at radius 2 is 2.05 bits per heavy atom. The molecule has 19 heavy (non-hydrogen) atoms. The maximum atomic E-state index is 13.4. The molecule has 0 radical (unpaired) electrons. The fraction of sp³-hybridized carbons (Fsp3) is 0.571. The lowest BCUT2D eigenvalue weighted by Crippen LogP contribution is -2.30. The lowest BCUT2D eigenvalue weighted by atomic mass is 9.74. The number of methoxy groups -OCH3 is 1. The Bertz CT molecular complexity index is 476. The second-order valence-electron chi connectivity index (χ2n) is 5.19. The van der Waals surface area contributed by atoms with E-state index in [2.05, 4.69) is 0 Å². The van der Waals surface area contributed by atoms with Gasteiger partial charge in [0.25, 0.3) is 0 Å². The van der Waals surface area contributed by atoms with Crippen molar-refractivity contribution >= 4 is 11.6 Å². The Hall–Kier alpha value is -0.900. The summed E-state index contributed by atoms with van der Waals surface area (Å²) in [7, 11) is 1.44. The summed E-state index contributed by atoms with van der Waals surface area (Å²) in [5.41, 5.74) is 0.719. The van der Waals surface area contributed by atoms with Crippen LogP contribution in [-0.2, 0) is 0 Å². The summed E-state index contributed by atoms with van der Waals surface area (Å²) in [4.78, 5) is 0. The number of benzene rings is 1. The maximum absolute atomic E-state index is 13.4. The molecule has 0 heterocycles. The van der Waals surface area contributed by atoms with E-state index in [1.807, 2.05) is 0 Å². The van der Waals surface area contributed by atoms with Crippen molar-refractivity contribution in [1.82, 2.24) is 0 Å². The lowest BCUT2D eigenvalue weighted by Gasteiger charge is -2.35. The third-order valence-corrected chi connectivity index (χ3v) is 4.09. The molecule has 0 aromatic heterocycles. The van der Waals surface area contributed by atoms with E-state index in [1.165, 1.54) is 19.2 Å². The average Bonchev–Trinajstić information content (AvgIpc) is 2.31. The minimum atomic E-state index is -2.60. The van der Waals surface area contributed by atoms with E-state index < -0.39 is 11.7 Å². The van der Waals surface area contributed by atoms with Gasteiger partial charge in [0.05, 0.1) is 12.1 Å². The molecular weight excluding hydrogens is 277 g/mol. The first-order chi connectivity index (χ1) is 8.84. The zero-order valence-corrected chi connectivity index (χ0v) is 11.6. The van der Waals surface area contributed by atoms with Gasteiger partial charge in [-0.1, -0.05) is 18.5 Å². The summed E-state index contributed by atoms with van der Waals surface area (Å²) in [6, 6.07) is 2.72. The van der Waals surface area contributed by atoms with Gasteiger partial charge in [-0.2, -0.15) is 0 Å². The van der Waals surface area contributed by atoms with Crippen LogP contribution in [-0.4, -0.2) is 13.0 Å². The van der Waals surface area contributed by atoms with Gasteiger partial charge in [-0.25, -0.2) is 13.2 Å². The fourth-order valence-electron chi connectivity index (χ4n) is 2.84. The zero-order chi connectivity index (χ0) is 14.2. The zero-order valence-electron chi connectivity index (χ0n) is 10.9. The van der Waals surface area contributed by atoms with Gasteiger partial charge in [0.15, 0.2) is 0 Å². The molecule has 1 saturated carbocycles. The van der Waals surface area contributed by atoms with Crippen molar-refractivity contribution in [2.24, 2.45) is 5.92 Å². The second kappa shape index (κ2) is 5.23. The highest BCUT2D eigenvalue weighted by atomic mass is 35.5. The first kappa shape index (κ1) is 14.5. The van der Waals surface area contributed by atoms with Crippen molar-refractivity contribution in [3.8, 4) is 5.75 Å². The summed E-state index contributed by atoms with van der Waals surface area (Å²) in [5.74, 6) is -3.06. The molecule has 1 aliphatic carbocycles. The lowest BCUT2D eigenvalue weighted by molar-refractivity contribution is -0.0557. The van der Waals surface area contributed by atoms with Gasteiger partial charge in [0.1, 0.15) is 11.6 Å². The molecule has 0 amide bonds. The monoisotopic (exact) mass is 292 g/mol. The van der Waals surface area contributed by atoms with Gasteiger partial charge in [-0.05, 0) is 29.9 Å². The molecule has 0 spiro atoms. The third-order valence-electron chi connectivity index (χ3n) is 3.80. The SMILES string of the molecule is COc1cc(F)c(Cl)cc1[C@@H]1CCC(F)(F)CC1C. The number of halogens is 4. The Labute approximate surface area is 115 Å². The molecule has 1 unspecified atom stereocenters. The number of ether oxygens (including phenoxy) is 1. The van der Waals surface area contributed by atoms with E-state index in [1.54, 1.807) is 6.92 Å². The van der Waals surface area contributed by atoms with E-state index in [0.717, 1.165) is 5.56 Å². The first-order valence-corrected chi connectivity index (χ1v) is 6.62. The molecule has 1 nitrogen and oxygen atoms in total. The van der Waals surface area contributed by atoms with E-state index >= 15 is 0 Å². The van der Waals surface area contributed by atoms with Gasteiger partial charge in [0, 0.05) is 18.9 Å². The van der Waals surface area contributed by atoms with Crippen LogP contribution in [0.3, 0.4) is 0 Å². The summed E-state index contributed by atoms with van der Waals surface area (Å²) in [6.07, 6.45) is 0.0441. The van der Waals surface area contributed by atoms with Crippen LogP contribution in [0.1, 0.15) is 37.7 Å². The molecule has 1 aromatic carbocycles.